The van der Waals surface area contributed by atoms with Gasteiger partial charge in [-0.2, -0.15) is 0 Å². The Morgan fingerprint density at radius 1 is 1.17 bits per heavy atom. The van der Waals surface area contributed by atoms with Crippen molar-refractivity contribution < 1.29 is 23.4 Å². The predicted molar refractivity (Wildman–Crippen MR) is 111 cm³/mol. The summed E-state index contributed by atoms with van der Waals surface area (Å²) in [5.74, 6) is 0.352. The zero-order valence-electron chi connectivity index (χ0n) is 16.5. The normalized spacial score (nSPS) is 14.3. The molecule has 0 aromatic heterocycles. The molecule has 0 atom stereocenters. The Morgan fingerprint density at radius 3 is 2.79 bits per heavy atom. The first-order chi connectivity index (χ1) is 14.1. The van der Waals surface area contributed by atoms with E-state index in [0.717, 1.165) is 24.2 Å². The van der Waals surface area contributed by atoms with Crippen LogP contribution in [0.25, 0.3) is 6.08 Å². The fourth-order valence-electron chi connectivity index (χ4n) is 3.20. The van der Waals surface area contributed by atoms with Gasteiger partial charge in [-0.15, -0.1) is 0 Å². The first-order valence-electron chi connectivity index (χ1n) is 9.81. The van der Waals surface area contributed by atoms with Gasteiger partial charge in [-0.05, 0) is 61.6 Å². The summed E-state index contributed by atoms with van der Waals surface area (Å²) < 4.78 is 30.0. The molecule has 1 amide bonds. The van der Waals surface area contributed by atoms with Crippen molar-refractivity contribution in [2.75, 3.05) is 25.6 Å². The Hall–Kier alpha value is -2.86. The highest BCUT2D eigenvalue weighted by Crippen LogP contribution is 2.26. The SMILES string of the molecule is COCCOc1ccc(F)cc1NC(=O)C=Cc1cccc(OC2CCCC2)c1. The highest BCUT2D eigenvalue weighted by atomic mass is 19.1. The molecule has 1 N–H and O–H groups in total. The van der Waals surface area contributed by atoms with Crippen LogP contribution >= 0.6 is 0 Å². The summed E-state index contributed by atoms with van der Waals surface area (Å²) in [6.45, 7) is 0.693. The van der Waals surface area contributed by atoms with Gasteiger partial charge in [-0.3, -0.25) is 4.79 Å². The molecule has 0 heterocycles. The fourth-order valence-corrected chi connectivity index (χ4v) is 3.20. The van der Waals surface area contributed by atoms with Crippen LogP contribution in [-0.4, -0.2) is 32.3 Å². The zero-order valence-corrected chi connectivity index (χ0v) is 16.5. The van der Waals surface area contributed by atoms with Crippen LogP contribution in [-0.2, 0) is 9.53 Å². The second kappa shape index (κ2) is 10.6. The number of anilines is 1. The van der Waals surface area contributed by atoms with Gasteiger partial charge in [0.05, 0.1) is 18.4 Å². The van der Waals surface area contributed by atoms with Crippen molar-refractivity contribution in [3.05, 3.63) is 59.9 Å². The highest BCUT2D eigenvalue weighted by molar-refractivity contribution is 6.02. The average molecular weight is 399 g/mol. The fraction of sp³-hybridized carbons (Fsp3) is 0.348. The van der Waals surface area contributed by atoms with Gasteiger partial charge in [-0.25, -0.2) is 4.39 Å². The maximum atomic E-state index is 13.6. The van der Waals surface area contributed by atoms with Gasteiger partial charge in [0, 0.05) is 19.3 Å². The van der Waals surface area contributed by atoms with Crippen LogP contribution in [0.2, 0.25) is 0 Å². The number of hydrogen-bond donors (Lipinski definition) is 1. The molecule has 3 rings (SSSR count). The lowest BCUT2D eigenvalue weighted by Crippen LogP contribution is -2.11. The van der Waals surface area contributed by atoms with Gasteiger partial charge in [0.25, 0.3) is 0 Å². The molecule has 0 aliphatic heterocycles. The molecule has 0 bridgehead atoms. The summed E-state index contributed by atoms with van der Waals surface area (Å²) in [6.07, 6.45) is 7.97. The van der Waals surface area contributed by atoms with E-state index in [2.05, 4.69) is 5.32 Å². The minimum atomic E-state index is -0.458. The van der Waals surface area contributed by atoms with Crippen molar-refractivity contribution in [1.82, 2.24) is 0 Å². The molecular formula is C23H26FNO4. The van der Waals surface area contributed by atoms with Crippen LogP contribution in [0.4, 0.5) is 10.1 Å². The highest BCUT2D eigenvalue weighted by Gasteiger charge is 2.16. The second-order valence-corrected chi connectivity index (χ2v) is 6.90. The van der Waals surface area contributed by atoms with Crippen LogP contribution in [0.1, 0.15) is 31.2 Å². The van der Waals surface area contributed by atoms with Crippen molar-refractivity contribution in [3.63, 3.8) is 0 Å². The first kappa shape index (κ1) is 20.9. The van der Waals surface area contributed by atoms with Crippen LogP contribution in [0, 0.1) is 5.82 Å². The monoisotopic (exact) mass is 399 g/mol. The van der Waals surface area contributed by atoms with Crippen LogP contribution in [0.15, 0.2) is 48.5 Å². The van der Waals surface area contributed by atoms with Gasteiger partial charge in [0.2, 0.25) is 5.91 Å². The molecule has 0 unspecified atom stereocenters. The molecule has 2 aromatic carbocycles. The third-order valence-corrected chi connectivity index (χ3v) is 4.63. The summed E-state index contributed by atoms with van der Waals surface area (Å²) in [7, 11) is 1.56. The number of amides is 1. The number of carbonyl (C=O) groups excluding carboxylic acids is 1. The van der Waals surface area contributed by atoms with Crippen molar-refractivity contribution in [1.29, 1.82) is 0 Å². The summed E-state index contributed by atoms with van der Waals surface area (Å²) in [6, 6.07) is 11.6. The van der Waals surface area contributed by atoms with Crippen LogP contribution in [0.3, 0.4) is 0 Å². The summed E-state index contributed by atoms with van der Waals surface area (Å²) >= 11 is 0. The molecule has 1 fully saturated rings. The maximum absolute atomic E-state index is 13.6. The second-order valence-electron chi connectivity index (χ2n) is 6.90. The third-order valence-electron chi connectivity index (χ3n) is 4.63. The van der Waals surface area contributed by atoms with E-state index in [9.17, 15) is 9.18 Å². The largest absolute Gasteiger partial charge is 0.490 e. The van der Waals surface area contributed by atoms with Crippen molar-refractivity contribution >= 4 is 17.7 Å². The van der Waals surface area contributed by atoms with E-state index in [1.165, 1.54) is 37.1 Å². The minimum Gasteiger partial charge on any atom is -0.490 e. The number of halogens is 1. The Morgan fingerprint density at radius 2 is 2.00 bits per heavy atom. The number of carbonyl (C=O) groups is 1. The molecular weight excluding hydrogens is 373 g/mol. The lowest BCUT2D eigenvalue weighted by atomic mass is 10.2. The molecule has 1 aliphatic carbocycles. The molecule has 2 aromatic rings. The Kier molecular flexibility index (Phi) is 7.64. The number of nitrogens with one attached hydrogen (secondary N) is 1. The van der Waals surface area contributed by atoms with E-state index < -0.39 is 5.82 Å². The van der Waals surface area contributed by atoms with E-state index >= 15 is 0 Å². The van der Waals surface area contributed by atoms with Gasteiger partial charge in [0.15, 0.2) is 0 Å². The van der Waals surface area contributed by atoms with Crippen molar-refractivity contribution in [3.8, 4) is 11.5 Å². The van der Waals surface area contributed by atoms with E-state index in [-0.39, 0.29) is 17.7 Å². The number of hydrogen-bond acceptors (Lipinski definition) is 4. The van der Waals surface area contributed by atoms with E-state index in [0.29, 0.717) is 19.0 Å². The topological polar surface area (TPSA) is 56.8 Å². The number of ether oxygens (including phenoxy) is 3. The summed E-state index contributed by atoms with van der Waals surface area (Å²) in [4.78, 5) is 12.3. The molecule has 1 saturated carbocycles. The maximum Gasteiger partial charge on any atom is 0.248 e. The Labute approximate surface area is 170 Å². The summed E-state index contributed by atoms with van der Waals surface area (Å²) in [5.41, 5.74) is 1.13. The van der Waals surface area contributed by atoms with Crippen LogP contribution in [0.5, 0.6) is 11.5 Å². The lowest BCUT2D eigenvalue weighted by Gasteiger charge is -2.13. The number of benzene rings is 2. The van der Waals surface area contributed by atoms with Gasteiger partial charge >= 0.3 is 0 Å². The van der Waals surface area contributed by atoms with Gasteiger partial charge in [0.1, 0.15) is 23.9 Å². The van der Waals surface area contributed by atoms with E-state index in [1.807, 2.05) is 24.3 Å². The summed E-state index contributed by atoms with van der Waals surface area (Å²) in [5, 5.41) is 2.66. The van der Waals surface area contributed by atoms with Gasteiger partial charge < -0.3 is 19.5 Å². The van der Waals surface area contributed by atoms with Gasteiger partial charge in [-0.1, -0.05) is 12.1 Å². The molecule has 0 radical (unpaired) electrons. The standard InChI is InChI=1S/C23H26FNO4/c1-27-13-14-28-22-11-10-18(24)16-21(22)25-23(26)12-9-17-5-4-8-20(15-17)29-19-6-2-3-7-19/h4-5,8-12,15-16,19H,2-3,6-7,13-14H2,1H3,(H,25,26). The van der Waals surface area contributed by atoms with E-state index in [4.69, 9.17) is 14.2 Å². The zero-order chi connectivity index (χ0) is 20.5. The molecule has 6 heteroatoms. The van der Waals surface area contributed by atoms with Crippen molar-refractivity contribution in [2.45, 2.75) is 31.8 Å². The quantitative estimate of drug-likeness (QED) is 0.485. The molecule has 154 valence electrons. The average Bonchev–Trinajstić information content (AvgIpc) is 3.21. The minimum absolute atomic E-state index is 0.272. The molecule has 5 nitrogen and oxygen atoms in total. The predicted octanol–water partition coefficient (Wildman–Crippen LogP) is 4.82. The van der Waals surface area contributed by atoms with Crippen LogP contribution < -0.4 is 14.8 Å². The molecule has 0 saturated heterocycles. The smallest absolute Gasteiger partial charge is 0.248 e. The van der Waals surface area contributed by atoms with E-state index in [1.54, 1.807) is 13.2 Å². The Balaban J connectivity index is 1.61. The first-order valence-corrected chi connectivity index (χ1v) is 9.81. The lowest BCUT2D eigenvalue weighted by molar-refractivity contribution is -0.111. The molecule has 0 spiro atoms. The number of methoxy groups -OCH3 is 1. The molecule has 1 aliphatic rings. The number of rotatable bonds is 9. The molecule has 29 heavy (non-hydrogen) atoms. The third kappa shape index (κ3) is 6.61. The van der Waals surface area contributed by atoms with Crippen molar-refractivity contribution in [2.24, 2.45) is 0 Å². The Bertz CT molecular complexity index is 847.